The minimum atomic E-state index is 0.764. The standard InChI is InChI=1S/C24H35ClO/c1-26-18-2-3-19-6-12-22(13-7-19)23-14-8-20(9-15-23)4-5-21-10-16-24(25)17-11-21/h2-3,10-11,16-17,19-20,22-23H,4-9,12-15,18H2,1H3. The first-order valence-corrected chi connectivity index (χ1v) is 11.0. The molecule has 0 atom stereocenters. The third-order valence-corrected chi connectivity index (χ3v) is 7.05. The number of halogens is 1. The van der Waals surface area contributed by atoms with Crippen molar-refractivity contribution in [1.29, 1.82) is 0 Å². The summed E-state index contributed by atoms with van der Waals surface area (Å²) in [4.78, 5) is 0. The maximum Gasteiger partial charge on any atom is 0.0643 e. The third-order valence-electron chi connectivity index (χ3n) is 6.80. The lowest BCUT2D eigenvalue weighted by Gasteiger charge is -2.37. The molecule has 0 spiro atoms. The number of aryl methyl sites for hydroxylation is 1. The summed E-state index contributed by atoms with van der Waals surface area (Å²) < 4.78 is 5.12. The molecular weight excluding hydrogens is 340 g/mol. The van der Waals surface area contributed by atoms with Crippen molar-refractivity contribution in [1.82, 2.24) is 0 Å². The van der Waals surface area contributed by atoms with Crippen LogP contribution in [-0.2, 0) is 11.2 Å². The summed E-state index contributed by atoms with van der Waals surface area (Å²) in [6, 6.07) is 8.42. The van der Waals surface area contributed by atoms with Gasteiger partial charge in [-0.1, -0.05) is 48.7 Å². The molecule has 2 aliphatic carbocycles. The Kier molecular flexibility index (Phi) is 8.08. The van der Waals surface area contributed by atoms with Crippen LogP contribution >= 0.6 is 11.6 Å². The number of ether oxygens (including phenoxy) is 1. The van der Waals surface area contributed by atoms with Crippen LogP contribution in [0.2, 0.25) is 5.02 Å². The molecule has 0 amide bonds. The van der Waals surface area contributed by atoms with Crippen LogP contribution in [0.15, 0.2) is 36.4 Å². The van der Waals surface area contributed by atoms with Gasteiger partial charge in [-0.2, -0.15) is 0 Å². The maximum absolute atomic E-state index is 5.98. The quantitative estimate of drug-likeness (QED) is 0.463. The van der Waals surface area contributed by atoms with Gasteiger partial charge in [-0.3, -0.25) is 0 Å². The average molecular weight is 375 g/mol. The second-order valence-electron chi connectivity index (χ2n) is 8.50. The molecule has 0 saturated heterocycles. The Morgan fingerprint density at radius 2 is 1.54 bits per heavy atom. The number of hydrogen-bond donors (Lipinski definition) is 0. The van der Waals surface area contributed by atoms with Gasteiger partial charge in [-0.15, -0.1) is 0 Å². The van der Waals surface area contributed by atoms with Crippen molar-refractivity contribution in [3.05, 3.63) is 47.0 Å². The molecule has 1 aromatic rings. The van der Waals surface area contributed by atoms with E-state index in [9.17, 15) is 0 Å². The highest BCUT2D eigenvalue weighted by molar-refractivity contribution is 6.30. The maximum atomic E-state index is 5.98. The highest BCUT2D eigenvalue weighted by atomic mass is 35.5. The third kappa shape index (κ3) is 6.13. The average Bonchev–Trinajstić information content (AvgIpc) is 2.69. The smallest absolute Gasteiger partial charge is 0.0643 e. The van der Waals surface area contributed by atoms with Gasteiger partial charge in [-0.05, 0) is 92.7 Å². The fourth-order valence-corrected chi connectivity index (χ4v) is 5.25. The molecule has 0 bridgehead atoms. The second kappa shape index (κ2) is 10.5. The summed E-state index contributed by atoms with van der Waals surface area (Å²) in [5, 5.41) is 0.846. The molecule has 2 heteroatoms. The predicted molar refractivity (Wildman–Crippen MR) is 112 cm³/mol. The molecule has 0 unspecified atom stereocenters. The molecule has 1 nitrogen and oxygen atoms in total. The minimum Gasteiger partial charge on any atom is -0.381 e. The van der Waals surface area contributed by atoms with Gasteiger partial charge in [0, 0.05) is 12.1 Å². The monoisotopic (exact) mass is 374 g/mol. The molecule has 26 heavy (non-hydrogen) atoms. The predicted octanol–water partition coefficient (Wildman–Crippen LogP) is 7.09. The second-order valence-corrected chi connectivity index (χ2v) is 8.94. The van der Waals surface area contributed by atoms with Gasteiger partial charge in [0.05, 0.1) is 6.61 Å². The van der Waals surface area contributed by atoms with E-state index in [-0.39, 0.29) is 0 Å². The van der Waals surface area contributed by atoms with Crippen molar-refractivity contribution in [3.8, 4) is 0 Å². The van der Waals surface area contributed by atoms with Crippen LogP contribution in [0.5, 0.6) is 0 Å². The van der Waals surface area contributed by atoms with E-state index in [0.29, 0.717) is 0 Å². The molecular formula is C24H35ClO. The van der Waals surface area contributed by atoms with Crippen LogP contribution in [0.3, 0.4) is 0 Å². The van der Waals surface area contributed by atoms with E-state index >= 15 is 0 Å². The van der Waals surface area contributed by atoms with E-state index in [1.54, 1.807) is 7.11 Å². The van der Waals surface area contributed by atoms with Gasteiger partial charge in [0.2, 0.25) is 0 Å². The fraction of sp³-hybridized carbons (Fsp3) is 0.667. The van der Waals surface area contributed by atoms with Gasteiger partial charge in [-0.25, -0.2) is 0 Å². The highest BCUT2D eigenvalue weighted by Crippen LogP contribution is 2.42. The zero-order valence-electron chi connectivity index (χ0n) is 16.3. The van der Waals surface area contributed by atoms with Crippen molar-refractivity contribution in [2.45, 2.75) is 64.2 Å². The largest absolute Gasteiger partial charge is 0.381 e. The van der Waals surface area contributed by atoms with Crippen molar-refractivity contribution in [3.63, 3.8) is 0 Å². The Morgan fingerprint density at radius 3 is 2.15 bits per heavy atom. The van der Waals surface area contributed by atoms with E-state index in [0.717, 1.165) is 35.3 Å². The molecule has 0 N–H and O–H groups in total. The number of allylic oxidation sites excluding steroid dienone is 1. The van der Waals surface area contributed by atoms with Crippen molar-refractivity contribution >= 4 is 11.6 Å². The first-order valence-electron chi connectivity index (χ1n) is 10.6. The minimum absolute atomic E-state index is 0.764. The number of methoxy groups -OCH3 is 1. The van der Waals surface area contributed by atoms with Crippen molar-refractivity contribution in [2.75, 3.05) is 13.7 Å². The first kappa shape index (κ1) is 20.0. The normalized spacial score (nSPS) is 29.9. The highest BCUT2D eigenvalue weighted by Gasteiger charge is 2.30. The van der Waals surface area contributed by atoms with Gasteiger partial charge >= 0.3 is 0 Å². The molecule has 144 valence electrons. The van der Waals surface area contributed by atoms with Gasteiger partial charge in [0.25, 0.3) is 0 Å². The van der Waals surface area contributed by atoms with E-state index in [1.165, 1.54) is 69.8 Å². The van der Waals surface area contributed by atoms with Gasteiger partial charge < -0.3 is 4.74 Å². The Morgan fingerprint density at radius 1 is 0.923 bits per heavy atom. The van der Waals surface area contributed by atoms with Crippen LogP contribution in [0, 0.1) is 23.7 Å². The van der Waals surface area contributed by atoms with Crippen LogP contribution in [0.1, 0.15) is 63.4 Å². The summed E-state index contributed by atoms with van der Waals surface area (Å²) in [5.74, 6) is 3.75. The zero-order valence-corrected chi connectivity index (χ0v) is 17.1. The molecule has 2 fully saturated rings. The van der Waals surface area contributed by atoms with Crippen LogP contribution in [-0.4, -0.2) is 13.7 Å². The molecule has 1 aromatic carbocycles. The lowest BCUT2D eigenvalue weighted by molar-refractivity contribution is 0.152. The Hall–Kier alpha value is -0.790. The van der Waals surface area contributed by atoms with E-state index in [4.69, 9.17) is 16.3 Å². The lowest BCUT2D eigenvalue weighted by atomic mass is 9.68. The van der Waals surface area contributed by atoms with Crippen LogP contribution < -0.4 is 0 Å². The number of hydrogen-bond acceptors (Lipinski definition) is 1. The molecule has 2 aliphatic rings. The van der Waals surface area contributed by atoms with Gasteiger partial charge in [0.15, 0.2) is 0 Å². The van der Waals surface area contributed by atoms with E-state index in [1.807, 2.05) is 12.1 Å². The van der Waals surface area contributed by atoms with E-state index in [2.05, 4.69) is 24.3 Å². The molecule has 0 radical (unpaired) electrons. The molecule has 2 saturated carbocycles. The summed E-state index contributed by atoms with van der Waals surface area (Å²) in [5.41, 5.74) is 1.44. The summed E-state index contributed by atoms with van der Waals surface area (Å²) in [6.45, 7) is 0.764. The molecule has 0 heterocycles. The number of rotatable bonds is 7. The Labute approximate surface area is 165 Å². The summed E-state index contributed by atoms with van der Waals surface area (Å²) >= 11 is 5.98. The zero-order chi connectivity index (χ0) is 18.2. The Balaban J connectivity index is 1.34. The Bertz CT molecular complexity index is 534. The van der Waals surface area contributed by atoms with Gasteiger partial charge in [0.1, 0.15) is 0 Å². The fourth-order valence-electron chi connectivity index (χ4n) is 5.12. The van der Waals surface area contributed by atoms with Crippen molar-refractivity contribution < 1.29 is 4.74 Å². The molecule has 0 aliphatic heterocycles. The van der Waals surface area contributed by atoms with Crippen LogP contribution in [0.4, 0.5) is 0 Å². The summed E-state index contributed by atoms with van der Waals surface area (Å²) in [7, 11) is 1.77. The lowest BCUT2D eigenvalue weighted by Crippen LogP contribution is -2.25. The molecule has 3 rings (SSSR count). The van der Waals surface area contributed by atoms with Crippen LogP contribution in [0.25, 0.3) is 0 Å². The topological polar surface area (TPSA) is 9.23 Å². The van der Waals surface area contributed by atoms with E-state index < -0.39 is 0 Å². The number of benzene rings is 1. The first-order chi connectivity index (χ1) is 12.7. The summed E-state index contributed by atoms with van der Waals surface area (Å²) in [6.07, 6.45) is 18.7. The molecule has 0 aromatic heterocycles. The van der Waals surface area contributed by atoms with Crippen molar-refractivity contribution in [2.24, 2.45) is 23.7 Å². The SMILES string of the molecule is COCC=CC1CCC(C2CCC(CCc3ccc(Cl)cc3)CC2)CC1.